The Morgan fingerprint density at radius 3 is 2.17 bits per heavy atom. The van der Waals surface area contributed by atoms with E-state index in [2.05, 4.69) is 5.32 Å². The van der Waals surface area contributed by atoms with Gasteiger partial charge in [-0.2, -0.15) is 0 Å². The number of nitrogens with zero attached hydrogens (tertiary/aromatic N) is 1. The highest BCUT2D eigenvalue weighted by Gasteiger charge is 2.27. The molecule has 0 unspecified atom stereocenters. The van der Waals surface area contributed by atoms with E-state index in [4.69, 9.17) is 10.5 Å². The zero-order valence-corrected chi connectivity index (χ0v) is 15.1. The van der Waals surface area contributed by atoms with Crippen LogP contribution in [0.4, 0.5) is 5.69 Å². The average Bonchev–Trinajstić information content (AvgIpc) is 2.44. The smallest absolute Gasteiger partial charge is 0.259 e. The van der Waals surface area contributed by atoms with Crippen LogP contribution in [0.15, 0.2) is 24.3 Å². The molecule has 0 saturated carbocycles. The van der Waals surface area contributed by atoms with Crippen molar-refractivity contribution in [2.45, 2.75) is 26.8 Å². The molecule has 7 heteroatoms. The predicted octanol–water partition coefficient (Wildman–Crippen LogP) is 1.89. The van der Waals surface area contributed by atoms with Crippen molar-refractivity contribution in [3.8, 4) is 5.75 Å². The Morgan fingerprint density at radius 2 is 1.74 bits per heavy atom. The van der Waals surface area contributed by atoms with E-state index in [0.29, 0.717) is 11.4 Å². The van der Waals surface area contributed by atoms with Crippen molar-refractivity contribution in [3.05, 3.63) is 24.3 Å². The normalized spacial score (nSPS) is 11.9. The fourth-order valence-corrected chi connectivity index (χ4v) is 1.52. The first-order valence-corrected chi connectivity index (χ1v) is 7.10. The van der Waals surface area contributed by atoms with E-state index in [1.807, 2.05) is 20.8 Å². The number of carbonyl (C=O) groups is 2. The van der Waals surface area contributed by atoms with Gasteiger partial charge in [0.25, 0.3) is 5.91 Å². The second-order valence-corrected chi connectivity index (χ2v) is 6.43. The van der Waals surface area contributed by atoms with E-state index in [0.717, 1.165) is 0 Å². The Balaban J connectivity index is 0.00000484. The van der Waals surface area contributed by atoms with Crippen molar-refractivity contribution in [3.63, 3.8) is 0 Å². The molecular weight excluding hydrogens is 318 g/mol. The summed E-state index contributed by atoms with van der Waals surface area (Å²) < 4.78 is 5.36. The molecule has 0 radical (unpaired) electrons. The third kappa shape index (κ3) is 6.88. The van der Waals surface area contributed by atoms with Gasteiger partial charge in [-0.15, -0.1) is 12.4 Å². The number of nitrogens with one attached hydrogen (secondary N) is 1. The molecule has 0 heterocycles. The largest absolute Gasteiger partial charge is 0.484 e. The van der Waals surface area contributed by atoms with Gasteiger partial charge in [-0.1, -0.05) is 20.8 Å². The van der Waals surface area contributed by atoms with Gasteiger partial charge < -0.3 is 20.7 Å². The van der Waals surface area contributed by atoms with E-state index >= 15 is 0 Å². The molecule has 0 saturated heterocycles. The second kappa shape index (κ2) is 8.74. The lowest BCUT2D eigenvalue weighted by molar-refractivity contribution is -0.130. The summed E-state index contributed by atoms with van der Waals surface area (Å²) in [5.41, 5.74) is 6.23. The number of hydrogen-bond donors (Lipinski definition) is 2. The molecule has 3 N–H and O–H groups in total. The van der Waals surface area contributed by atoms with Gasteiger partial charge in [0, 0.05) is 19.8 Å². The van der Waals surface area contributed by atoms with Gasteiger partial charge in [-0.3, -0.25) is 9.59 Å². The minimum atomic E-state index is -0.596. The van der Waals surface area contributed by atoms with Gasteiger partial charge in [-0.25, -0.2) is 0 Å². The molecule has 0 bridgehead atoms. The molecule has 0 aliphatic rings. The van der Waals surface area contributed by atoms with E-state index in [1.54, 1.807) is 38.4 Å². The molecule has 6 nitrogen and oxygen atoms in total. The summed E-state index contributed by atoms with van der Waals surface area (Å²) in [7, 11) is 3.34. The number of hydrogen-bond acceptors (Lipinski definition) is 4. The molecule has 0 fully saturated rings. The van der Waals surface area contributed by atoms with E-state index < -0.39 is 6.04 Å². The van der Waals surface area contributed by atoms with E-state index in [-0.39, 0.29) is 36.2 Å². The molecule has 0 aliphatic carbocycles. The summed E-state index contributed by atoms with van der Waals surface area (Å²) in [6, 6.07) is 6.22. The topological polar surface area (TPSA) is 84.7 Å². The fourth-order valence-electron chi connectivity index (χ4n) is 1.52. The van der Waals surface area contributed by atoms with Crippen LogP contribution in [0.25, 0.3) is 0 Å². The van der Waals surface area contributed by atoms with Crippen LogP contribution in [0.2, 0.25) is 0 Å². The predicted molar refractivity (Wildman–Crippen MR) is 93.9 cm³/mol. The lowest BCUT2D eigenvalue weighted by Gasteiger charge is -2.25. The second-order valence-electron chi connectivity index (χ2n) is 6.43. The molecule has 130 valence electrons. The van der Waals surface area contributed by atoms with Crippen LogP contribution < -0.4 is 15.8 Å². The van der Waals surface area contributed by atoms with Crippen LogP contribution in [0, 0.1) is 5.41 Å². The van der Waals surface area contributed by atoms with Crippen molar-refractivity contribution in [1.82, 2.24) is 4.90 Å². The SMILES string of the molecule is CN(C)C(=O)COc1ccc(NC(=O)[C@@H](N)C(C)(C)C)cc1.Cl. The maximum Gasteiger partial charge on any atom is 0.259 e. The summed E-state index contributed by atoms with van der Waals surface area (Å²) in [5.74, 6) is 0.214. The van der Waals surface area contributed by atoms with Crippen molar-refractivity contribution in [1.29, 1.82) is 0 Å². The van der Waals surface area contributed by atoms with Crippen LogP contribution in [0.5, 0.6) is 5.75 Å². The molecule has 1 atom stereocenters. The zero-order chi connectivity index (χ0) is 16.9. The molecule has 0 spiro atoms. The van der Waals surface area contributed by atoms with Crippen molar-refractivity contribution in [2.75, 3.05) is 26.0 Å². The Hall–Kier alpha value is -1.79. The Kier molecular flexibility index (Phi) is 8.06. The summed E-state index contributed by atoms with van der Waals surface area (Å²) >= 11 is 0. The molecular formula is C16H26ClN3O3. The van der Waals surface area contributed by atoms with E-state index in [9.17, 15) is 9.59 Å². The van der Waals surface area contributed by atoms with Crippen molar-refractivity contribution < 1.29 is 14.3 Å². The number of amides is 2. The Bertz CT molecular complexity index is 524. The molecule has 0 aliphatic heterocycles. The van der Waals surface area contributed by atoms with Gasteiger partial charge in [0.2, 0.25) is 5.91 Å². The molecule has 1 rings (SSSR count). The number of nitrogens with two attached hydrogens (primary N) is 1. The van der Waals surface area contributed by atoms with Crippen LogP contribution in [0.3, 0.4) is 0 Å². The fraction of sp³-hybridized carbons (Fsp3) is 0.500. The number of halogens is 1. The third-order valence-electron chi connectivity index (χ3n) is 3.20. The summed E-state index contributed by atoms with van der Waals surface area (Å²) in [5, 5.41) is 2.76. The first-order valence-electron chi connectivity index (χ1n) is 7.10. The summed E-state index contributed by atoms with van der Waals surface area (Å²) in [6.07, 6.45) is 0. The highest BCUT2D eigenvalue weighted by atomic mass is 35.5. The van der Waals surface area contributed by atoms with Crippen molar-refractivity contribution >= 4 is 29.9 Å². The quantitative estimate of drug-likeness (QED) is 0.855. The summed E-state index contributed by atoms with van der Waals surface area (Å²) in [4.78, 5) is 24.9. The molecule has 2 amide bonds. The molecule has 1 aromatic rings. The van der Waals surface area contributed by atoms with Crippen LogP contribution >= 0.6 is 12.4 Å². The Labute approximate surface area is 143 Å². The first-order chi connectivity index (χ1) is 10.1. The minimum Gasteiger partial charge on any atom is -0.484 e. The van der Waals surface area contributed by atoms with E-state index in [1.165, 1.54) is 4.90 Å². The Morgan fingerprint density at radius 1 is 1.22 bits per heavy atom. The number of likely N-dealkylation sites (N-methyl/N-ethyl adjacent to an activating group) is 1. The minimum absolute atomic E-state index is 0. The molecule has 1 aromatic carbocycles. The third-order valence-corrected chi connectivity index (χ3v) is 3.20. The lowest BCUT2D eigenvalue weighted by atomic mass is 9.87. The van der Waals surface area contributed by atoms with Gasteiger partial charge in [0.15, 0.2) is 6.61 Å². The number of carbonyl (C=O) groups excluding carboxylic acids is 2. The van der Waals surface area contributed by atoms with Crippen LogP contribution in [-0.2, 0) is 9.59 Å². The molecule has 23 heavy (non-hydrogen) atoms. The number of rotatable bonds is 5. The lowest BCUT2D eigenvalue weighted by Crippen LogP contribution is -2.45. The van der Waals surface area contributed by atoms with Crippen molar-refractivity contribution in [2.24, 2.45) is 11.1 Å². The van der Waals surface area contributed by atoms with Gasteiger partial charge in [0.05, 0.1) is 6.04 Å². The average molecular weight is 344 g/mol. The maximum absolute atomic E-state index is 12.0. The number of anilines is 1. The van der Waals surface area contributed by atoms with Gasteiger partial charge in [-0.05, 0) is 29.7 Å². The van der Waals surface area contributed by atoms with Crippen LogP contribution in [-0.4, -0.2) is 43.5 Å². The van der Waals surface area contributed by atoms with Gasteiger partial charge >= 0.3 is 0 Å². The maximum atomic E-state index is 12.0. The van der Waals surface area contributed by atoms with Gasteiger partial charge in [0.1, 0.15) is 5.75 Å². The summed E-state index contributed by atoms with van der Waals surface area (Å²) in [6.45, 7) is 5.72. The van der Waals surface area contributed by atoms with Crippen LogP contribution in [0.1, 0.15) is 20.8 Å². The highest BCUT2D eigenvalue weighted by Crippen LogP contribution is 2.20. The number of benzene rings is 1. The standard InChI is InChI=1S/C16H25N3O3.ClH/c1-16(2,3)14(17)15(21)18-11-6-8-12(9-7-11)22-10-13(20)19(4)5;/h6-9,14H,10,17H2,1-5H3,(H,18,21);1H/t14-;/m1./s1. The monoisotopic (exact) mass is 343 g/mol. The molecule has 0 aromatic heterocycles. The highest BCUT2D eigenvalue weighted by molar-refractivity contribution is 5.95. The zero-order valence-electron chi connectivity index (χ0n) is 14.3. The first kappa shape index (κ1) is 21.2. The number of ether oxygens (including phenoxy) is 1.